The number of amides is 1. The molecule has 0 aromatic rings. The van der Waals surface area contributed by atoms with E-state index in [0.29, 0.717) is 5.75 Å². The molecule has 0 spiro atoms. The number of carbonyl (C=O) groups is 2. The van der Waals surface area contributed by atoms with Crippen molar-refractivity contribution < 1.29 is 14.7 Å². The number of hydrogen-bond acceptors (Lipinski definition) is 3. The summed E-state index contributed by atoms with van der Waals surface area (Å²) in [7, 11) is 0. The molecular weight excluding hydrogens is 214 g/mol. The monoisotopic (exact) mass is 229 g/mol. The normalized spacial score (nSPS) is 17.2. The van der Waals surface area contributed by atoms with Crippen molar-refractivity contribution in [2.45, 2.75) is 26.7 Å². The lowest BCUT2D eigenvalue weighted by atomic mass is 10.3. The third-order valence-electron chi connectivity index (χ3n) is 2.35. The number of carboxylic acids is 1. The summed E-state index contributed by atoms with van der Waals surface area (Å²) in [6.07, 6.45) is 0.901. The third-order valence-corrected chi connectivity index (χ3v) is 3.67. The minimum Gasteiger partial charge on any atom is -0.481 e. The van der Waals surface area contributed by atoms with Crippen molar-refractivity contribution in [3.05, 3.63) is 10.6 Å². The quantitative estimate of drug-likeness (QED) is 0.796. The van der Waals surface area contributed by atoms with Crippen LogP contribution in [0, 0.1) is 0 Å². The van der Waals surface area contributed by atoms with Crippen LogP contribution >= 0.6 is 11.8 Å². The average Bonchev–Trinajstić information content (AvgIpc) is 2.17. The molecular formula is C10H15NO3S. The fraction of sp³-hybridized carbons (Fsp3) is 0.600. The van der Waals surface area contributed by atoms with E-state index in [1.54, 1.807) is 16.7 Å². The largest absolute Gasteiger partial charge is 0.481 e. The fourth-order valence-corrected chi connectivity index (χ4v) is 2.50. The molecule has 1 rings (SSSR count). The van der Waals surface area contributed by atoms with Gasteiger partial charge in [0.1, 0.15) is 0 Å². The molecule has 1 N–H and O–H groups in total. The first kappa shape index (κ1) is 12.1. The predicted molar refractivity (Wildman–Crippen MR) is 59.4 cm³/mol. The molecule has 1 aliphatic rings. The smallest absolute Gasteiger partial charge is 0.305 e. The SMILES string of the molecule is CCC1=C(C)N(CCC(=O)O)C(=O)CS1. The zero-order chi connectivity index (χ0) is 11.4. The highest BCUT2D eigenvalue weighted by molar-refractivity contribution is 8.03. The average molecular weight is 229 g/mol. The first-order valence-electron chi connectivity index (χ1n) is 4.91. The van der Waals surface area contributed by atoms with Gasteiger partial charge in [-0.25, -0.2) is 0 Å². The highest BCUT2D eigenvalue weighted by Gasteiger charge is 2.23. The number of rotatable bonds is 4. The lowest BCUT2D eigenvalue weighted by Gasteiger charge is -2.29. The number of nitrogens with zero attached hydrogens (tertiary/aromatic N) is 1. The van der Waals surface area contributed by atoms with Crippen LogP contribution in [0.4, 0.5) is 0 Å². The van der Waals surface area contributed by atoms with Gasteiger partial charge in [-0.1, -0.05) is 6.92 Å². The van der Waals surface area contributed by atoms with Crippen LogP contribution < -0.4 is 0 Å². The molecule has 1 aliphatic heterocycles. The number of carbonyl (C=O) groups excluding carboxylic acids is 1. The molecule has 0 atom stereocenters. The molecule has 0 fully saturated rings. The van der Waals surface area contributed by atoms with Crippen molar-refractivity contribution in [2.24, 2.45) is 0 Å². The molecule has 1 amide bonds. The minimum absolute atomic E-state index is 0.00470. The summed E-state index contributed by atoms with van der Waals surface area (Å²) in [4.78, 5) is 24.8. The highest BCUT2D eigenvalue weighted by Crippen LogP contribution is 2.30. The Bertz CT molecular complexity index is 312. The number of aliphatic carboxylic acids is 1. The van der Waals surface area contributed by atoms with Crippen LogP contribution in [-0.4, -0.2) is 34.2 Å². The van der Waals surface area contributed by atoms with E-state index in [1.165, 1.54) is 4.91 Å². The van der Waals surface area contributed by atoms with Crippen LogP contribution in [0.2, 0.25) is 0 Å². The Morgan fingerprint density at radius 3 is 2.80 bits per heavy atom. The van der Waals surface area contributed by atoms with Gasteiger partial charge < -0.3 is 10.0 Å². The van der Waals surface area contributed by atoms with Gasteiger partial charge in [0.25, 0.3) is 0 Å². The topological polar surface area (TPSA) is 57.6 Å². The molecule has 0 bridgehead atoms. The van der Waals surface area contributed by atoms with E-state index in [2.05, 4.69) is 0 Å². The molecule has 0 aliphatic carbocycles. The summed E-state index contributed by atoms with van der Waals surface area (Å²) in [5.74, 6) is -0.428. The van der Waals surface area contributed by atoms with Gasteiger partial charge >= 0.3 is 5.97 Å². The van der Waals surface area contributed by atoms with Gasteiger partial charge in [-0.2, -0.15) is 0 Å². The van der Waals surface area contributed by atoms with Crippen LogP contribution in [0.5, 0.6) is 0 Å². The Labute approximate surface area is 93.3 Å². The fourth-order valence-electron chi connectivity index (χ4n) is 1.53. The van der Waals surface area contributed by atoms with Crippen molar-refractivity contribution in [3.8, 4) is 0 Å². The van der Waals surface area contributed by atoms with Crippen molar-refractivity contribution in [1.29, 1.82) is 0 Å². The maximum atomic E-state index is 11.6. The Hall–Kier alpha value is -0.970. The Balaban J connectivity index is 2.74. The molecule has 84 valence electrons. The second-order valence-electron chi connectivity index (χ2n) is 3.34. The molecule has 4 nitrogen and oxygen atoms in total. The molecule has 15 heavy (non-hydrogen) atoms. The van der Waals surface area contributed by atoms with Crippen molar-refractivity contribution >= 4 is 23.6 Å². The summed E-state index contributed by atoms with van der Waals surface area (Å²) in [6.45, 7) is 4.20. The maximum absolute atomic E-state index is 11.6. The van der Waals surface area contributed by atoms with Gasteiger partial charge in [0, 0.05) is 17.1 Å². The van der Waals surface area contributed by atoms with Crippen LogP contribution in [0.3, 0.4) is 0 Å². The van der Waals surface area contributed by atoms with Crippen LogP contribution in [0.15, 0.2) is 10.6 Å². The summed E-state index contributed by atoms with van der Waals surface area (Å²) in [5, 5.41) is 8.58. The number of allylic oxidation sites excluding steroid dienone is 2. The summed E-state index contributed by atoms with van der Waals surface area (Å²) in [6, 6.07) is 0. The van der Waals surface area contributed by atoms with E-state index in [9.17, 15) is 9.59 Å². The zero-order valence-corrected chi connectivity index (χ0v) is 9.76. The van der Waals surface area contributed by atoms with Gasteiger partial charge in [0.15, 0.2) is 0 Å². The standard InChI is InChI=1S/C10H15NO3S/c1-3-8-7(2)11(5-4-10(13)14)9(12)6-15-8/h3-6H2,1-2H3,(H,13,14). The minimum atomic E-state index is -0.869. The Morgan fingerprint density at radius 1 is 1.60 bits per heavy atom. The molecule has 0 unspecified atom stereocenters. The van der Waals surface area contributed by atoms with Crippen molar-refractivity contribution in [2.75, 3.05) is 12.3 Å². The second kappa shape index (κ2) is 5.21. The van der Waals surface area contributed by atoms with E-state index < -0.39 is 5.97 Å². The Morgan fingerprint density at radius 2 is 2.27 bits per heavy atom. The molecule has 1 heterocycles. The van der Waals surface area contributed by atoms with Gasteiger partial charge in [-0.3, -0.25) is 9.59 Å². The van der Waals surface area contributed by atoms with Crippen LogP contribution in [-0.2, 0) is 9.59 Å². The lowest BCUT2D eigenvalue weighted by molar-refractivity contribution is -0.137. The van der Waals surface area contributed by atoms with E-state index in [4.69, 9.17) is 5.11 Å². The lowest BCUT2D eigenvalue weighted by Crippen LogP contribution is -2.35. The van der Waals surface area contributed by atoms with Crippen molar-refractivity contribution in [1.82, 2.24) is 4.90 Å². The molecule has 5 heteroatoms. The van der Waals surface area contributed by atoms with E-state index in [-0.39, 0.29) is 18.9 Å². The number of thioether (sulfide) groups is 1. The summed E-state index contributed by atoms with van der Waals surface area (Å²) < 4.78 is 0. The van der Waals surface area contributed by atoms with Crippen LogP contribution in [0.25, 0.3) is 0 Å². The molecule has 0 aromatic carbocycles. The molecule has 0 radical (unpaired) electrons. The summed E-state index contributed by atoms with van der Waals surface area (Å²) in [5.41, 5.74) is 0.917. The highest BCUT2D eigenvalue weighted by atomic mass is 32.2. The number of hydrogen-bond donors (Lipinski definition) is 1. The second-order valence-corrected chi connectivity index (χ2v) is 4.41. The van der Waals surface area contributed by atoms with Crippen molar-refractivity contribution in [3.63, 3.8) is 0 Å². The van der Waals surface area contributed by atoms with E-state index in [0.717, 1.165) is 12.1 Å². The van der Waals surface area contributed by atoms with Gasteiger partial charge in [0.2, 0.25) is 5.91 Å². The van der Waals surface area contributed by atoms with Gasteiger partial charge in [-0.15, -0.1) is 11.8 Å². The van der Waals surface area contributed by atoms with Crippen LogP contribution in [0.1, 0.15) is 26.7 Å². The molecule has 0 aromatic heterocycles. The first-order chi connectivity index (χ1) is 7.06. The summed E-state index contributed by atoms with van der Waals surface area (Å²) >= 11 is 1.56. The first-order valence-corrected chi connectivity index (χ1v) is 5.89. The number of carboxylic acid groups (broad SMARTS) is 1. The molecule has 0 saturated heterocycles. The molecule has 0 saturated carbocycles. The Kier molecular flexibility index (Phi) is 4.20. The van der Waals surface area contributed by atoms with E-state index >= 15 is 0 Å². The van der Waals surface area contributed by atoms with E-state index in [1.807, 2.05) is 13.8 Å². The predicted octanol–water partition coefficient (Wildman–Crippen LogP) is 1.68. The van der Waals surface area contributed by atoms with Gasteiger partial charge in [-0.05, 0) is 13.3 Å². The zero-order valence-electron chi connectivity index (χ0n) is 8.95. The third kappa shape index (κ3) is 2.99. The van der Waals surface area contributed by atoms with Gasteiger partial charge in [0.05, 0.1) is 12.2 Å². The maximum Gasteiger partial charge on any atom is 0.305 e.